The largest absolute Gasteiger partial charge is 0.387 e. The van der Waals surface area contributed by atoms with Crippen LogP contribution in [0.15, 0.2) is 24.3 Å². The predicted octanol–water partition coefficient (Wildman–Crippen LogP) is 1.35. The Morgan fingerprint density at radius 1 is 1.12 bits per heavy atom. The fourth-order valence-corrected chi connectivity index (χ4v) is 2.88. The topological polar surface area (TPSA) is 81.7 Å². The number of aliphatic hydroxyl groups excluding tert-OH is 1. The van der Waals surface area contributed by atoms with Crippen LogP contribution in [0.1, 0.15) is 43.8 Å². The molecule has 0 spiro atoms. The van der Waals surface area contributed by atoms with Crippen LogP contribution in [-0.4, -0.2) is 43.6 Å². The maximum absolute atomic E-state index is 11.9. The van der Waals surface area contributed by atoms with Crippen molar-refractivity contribution in [3.8, 4) is 0 Å². The molecule has 0 aliphatic heterocycles. The molecule has 6 heteroatoms. The lowest BCUT2D eigenvalue weighted by Crippen LogP contribution is -2.46. The summed E-state index contributed by atoms with van der Waals surface area (Å²) in [5.74, 6) is -1.30. The molecule has 3 N–H and O–H groups in total. The summed E-state index contributed by atoms with van der Waals surface area (Å²) < 4.78 is 0. The second-order valence-electron chi connectivity index (χ2n) is 6.52. The van der Waals surface area contributed by atoms with Crippen LogP contribution in [0.5, 0.6) is 0 Å². The van der Waals surface area contributed by atoms with Gasteiger partial charge in [0.1, 0.15) is 0 Å². The fraction of sp³-hybridized carbons (Fsp3) is 0.556. The van der Waals surface area contributed by atoms with Crippen LogP contribution in [0.3, 0.4) is 0 Å². The average Bonchev–Trinajstić information content (AvgIpc) is 2.60. The molecule has 2 rings (SSSR count). The van der Waals surface area contributed by atoms with Gasteiger partial charge in [-0.15, -0.1) is 0 Å². The smallest absolute Gasteiger partial charge is 0.309 e. The van der Waals surface area contributed by atoms with Gasteiger partial charge in [-0.25, -0.2) is 0 Å². The molecule has 1 aromatic carbocycles. The van der Waals surface area contributed by atoms with Crippen molar-refractivity contribution >= 4 is 17.5 Å². The first-order valence-corrected chi connectivity index (χ1v) is 8.51. The number of carbonyl (C=O) groups is 2. The normalized spacial score (nSPS) is 16.3. The predicted molar refractivity (Wildman–Crippen MR) is 93.8 cm³/mol. The SMILES string of the molecule is CN(C)c1ccc(C(O)CNC(=O)C(=O)NC2CCCCC2)cc1. The first-order valence-electron chi connectivity index (χ1n) is 8.51. The van der Waals surface area contributed by atoms with E-state index in [1.165, 1.54) is 6.42 Å². The molecule has 0 heterocycles. The lowest BCUT2D eigenvalue weighted by atomic mass is 9.95. The summed E-state index contributed by atoms with van der Waals surface area (Å²) in [5.41, 5.74) is 1.73. The maximum atomic E-state index is 11.9. The highest BCUT2D eigenvalue weighted by Gasteiger charge is 2.21. The zero-order valence-corrected chi connectivity index (χ0v) is 14.4. The van der Waals surface area contributed by atoms with Gasteiger partial charge in [-0.05, 0) is 30.5 Å². The third kappa shape index (κ3) is 5.23. The van der Waals surface area contributed by atoms with E-state index < -0.39 is 17.9 Å². The van der Waals surface area contributed by atoms with Gasteiger partial charge >= 0.3 is 11.8 Å². The first-order chi connectivity index (χ1) is 11.5. The Morgan fingerprint density at radius 2 is 1.75 bits per heavy atom. The summed E-state index contributed by atoms with van der Waals surface area (Å²) in [7, 11) is 3.88. The number of hydrogen-bond acceptors (Lipinski definition) is 4. The van der Waals surface area contributed by atoms with Crippen LogP contribution in [0.25, 0.3) is 0 Å². The van der Waals surface area contributed by atoms with Gasteiger partial charge in [0.05, 0.1) is 6.10 Å². The first kappa shape index (κ1) is 18.3. The van der Waals surface area contributed by atoms with Crippen molar-refractivity contribution in [3.63, 3.8) is 0 Å². The number of hydrogen-bond donors (Lipinski definition) is 3. The van der Waals surface area contributed by atoms with E-state index in [1.54, 1.807) is 0 Å². The summed E-state index contributed by atoms with van der Waals surface area (Å²) in [4.78, 5) is 25.7. The summed E-state index contributed by atoms with van der Waals surface area (Å²) in [6.07, 6.45) is 4.40. The minimum Gasteiger partial charge on any atom is -0.387 e. The summed E-state index contributed by atoms with van der Waals surface area (Å²) in [6, 6.07) is 7.52. The molecule has 0 radical (unpaired) electrons. The van der Waals surface area contributed by atoms with Crippen LogP contribution >= 0.6 is 0 Å². The summed E-state index contributed by atoms with van der Waals surface area (Å²) in [6.45, 7) is 0.0121. The molecule has 6 nitrogen and oxygen atoms in total. The van der Waals surface area contributed by atoms with Crippen LogP contribution in [0, 0.1) is 0 Å². The number of anilines is 1. The van der Waals surface area contributed by atoms with Crippen LogP contribution < -0.4 is 15.5 Å². The Hall–Kier alpha value is -2.08. The molecule has 1 atom stereocenters. The molecule has 1 aliphatic rings. The van der Waals surface area contributed by atoms with E-state index in [-0.39, 0.29) is 12.6 Å². The van der Waals surface area contributed by atoms with E-state index in [1.807, 2.05) is 43.3 Å². The maximum Gasteiger partial charge on any atom is 0.309 e. The number of rotatable bonds is 5. The molecule has 0 aromatic heterocycles. The number of amides is 2. The van der Waals surface area contributed by atoms with E-state index in [4.69, 9.17) is 0 Å². The van der Waals surface area contributed by atoms with Crippen LogP contribution in [-0.2, 0) is 9.59 Å². The van der Waals surface area contributed by atoms with E-state index >= 15 is 0 Å². The zero-order chi connectivity index (χ0) is 17.5. The summed E-state index contributed by atoms with van der Waals surface area (Å²) >= 11 is 0. The second kappa shape index (κ2) is 8.68. The molecular weight excluding hydrogens is 306 g/mol. The third-order valence-corrected chi connectivity index (χ3v) is 4.40. The van der Waals surface area contributed by atoms with E-state index in [0.29, 0.717) is 5.56 Å². The molecule has 1 aliphatic carbocycles. The molecule has 24 heavy (non-hydrogen) atoms. The molecule has 2 amide bonds. The number of benzene rings is 1. The van der Waals surface area contributed by atoms with E-state index in [9.17, 15) is 14.7 Å². The van der Waals surface area contributed by atoms with Crippen molar-refractivity contribution in [2.75, 3.05) is 25.5 Å². The Kier molecular flexibility index (Phi) is 6.61. The van der Waals surface area contributed by atoms with Gasteiger partial charge in [-0.1, -0.05) is 31.4 Å². The Bertz CT molecular complexity index is 551. The molecule has 1 saturated carbocycles. The highest BCUT2D eigenvalue weighted by molar-refractivity contribution is 6.35. The molecule has 0 bridgehead atoms. The van der Waals surface area contributed by atoms with Crippen molar-refractivity contribution in [1.82, 2.24) is 10.6 Å². The molecule has 132 valence electrons. The van der Waals surface area contributed by atoms with Gasteiger partial charge in [0.15, 0.2) is 0 Å². The molecule has 0 saturated heterocycles. The number of carbonyl (C=O) groups excluding carboxylic acids is 2. The Balaban J connectivity index is 1.78. The van der Waals surface area contributed by atoms with Crippen molar-refractivity contribution in [3.05, 3.63) is 29.8 Å². The zero-order valence-electron chi connectivity index (χ0n) is 14.4. The van der Waals surface area contributed by atoms with Crippen molar-refractivity contribution in [2.24, 2.45) is 0 Å². The average molecular weight is 333 g/mol. The molecule has 1 fully saturated rings. The van der Waals surface area contributed by atoms with Crippen molar-refractivity contribution in [2.45, 2.75) is 44.2 Å². The molecular formula is C18H27N3O3. The van der Waals surface area contributed by atoms with Gasteiger partial charge in [0.2, 0.25) is 0 Å². The number of nitrogens with zero attached hydrogens (tertiary/aromatic N) is 1. The highest BCUT2D eigenvalue weighted by atomic mass is 16.3. The minimum absolute atomic E-state index is 0.0121. The lowest BCUT2D eigenvalue weighted by molar-refractivity contribution is -0.140. The van der Waals surface area contributed by atoms with Crippen molar-refractivity contribution < 1.29 is 14.7 Å². The van der Waals surface area contributed by atoms with E-state index in [2.05, 4.69) is 10.6 Å². The van der Waals surface area contributed by atoms with E-state index in [0.717, 1.165) is 31.4 Å². The lowest BCUT2D eigenvalue weighted by Gasteiger charge is -2.22. The van der Waals surface area contributed by atoms with Gasteiger partial charge in [0, 0.05) is 32.4 Å². The Labute approximate surface area is 143 Å². The van der Waals surface area contributed by atoms with Crippen LogP contribution in [0.2, 0.25) is 0 Å². The second-order valence-corrected chi connectivity index (χ2v) is 6.52. The Morgan fingerprint density at radius 3 is 2.33 bits per heavy atom. The highest BCUT2D eigenvalue weighted by Crippen LogP contribution is 2.18. The third-order valence-electron chi connectivity index (χ3n) is 4.40. The molecule has 1 aromatic rings. The quantitative estimate of drug-likeness (QED) is 0.711. The van der Waals surface area contributed by atoms with Gasteiger partial charge in [0.25, 0.3) is 0 Å². The molecule has 1 unspecified atom stereocenters. The van der Waals surface area contributed by atoms with Crippen molar-refractivity contribution in [1.29, 1.82) is 0 Å². The fourth-order valence-electron chi connectivity index (χ4n) is 2.88. The minimum atomic E-state index is -0.840. The monoisotopic (exact) mass is 333 g/mol. The number of aliphatic hydroxyl groups is 1. The van der Waals surface area contributed by atoms with Gasteiger partial charge in [-0.2, -0.15) is 0 Å². The summed E-state index contributed by atoms with van der Waals surface area (Å²) in [5, 5.41) is 15.4. The van der Waals surface area contributed by atoms with Crippen LogP contribution in [0.4, 0.5) is 5.69 Å². The number of nitrogens with one attached hydrogen (secondary N) is 2. The van der Waals surface area contributed by atoms with Gasteiger partial charge in [-0.3, -0.25) is 9.59 Å². The van der Waals surface area contributed by atoms with Gasteiger partial charge < -0.3 is 20.6 Å². The standard InChI is InChI=1S/C18H27N3O3/c1-21(2)15-10-8-13(9-11-15)16(22)12-19-17(23)18(24)20-14-6-4-3-5-7-14/h8-11,14,16,22H,3-7,12H2,1-2H3,(H,19,23)(H,20,24).